The second-order valence-electron chi connectivity index (χ2n) is 19.9. The quantitative estimate of drug-likeness (QED) is 0.127. The lowest BCUT2D eigenvalue weighted by atomic mass is 9.89. The van der Waals surface area contributed by atoms with Crippen molar-refractivity contribution in [3.63, 3.8) is 0 Å². The average molecular weight is 883 g/mol. The Hall–Kier alpha value is -6.85. The van der Waals surface area contributed by atoms with Gasteiger partial charge in [-0.2, -0.15) is 0 Å². The Kier molecular flexibility index (Phi) is 11.2. The van der Waals surface area contributed by atoms with Crippen molar-refractivity contribution in [1.82, 2.24) is 0 Å². The summed E-state index contributed by atoms with van der Waals surface area (Å²) in [7, 11) is -6.95. The molecule has 0 radical (unpaired) electrons. The lowest BCUT2D eigenvalue weighted by Gasteiger charge is -2.62. The monoisotopic (exact) mass is 882 g/mol. The van der Waals surface area contributed by atoms with E-state index in [2.05, 4.69) is 284 Å². The topological polar surface area (TPSA) is 0 Å². The van der Waals surface area contributed by atoms with E-state index in [0.29, 0.717) is 0 Å². The molecule has 66 heavy (non-hydrogen) atoms. The normalized spacial score (nSPS) is 16.0. The first-order chi connectivity index (χ1) is 32.1. The smallest absolute Gasteiger partial charge is 0.0622 e. The summed E-state index contributed by atoms with van der Waals surface area (Å²) in [6.07, 6.45) is 0. The van der Waals surface area contributed by atoms with E-state index in [-0.39, 0.29) is 10.1 Å². The number of hydrogen-bond donors (Lipinski definition) is 0. The van der Waals surface area contributed by atoms with Gasteiger partial charge in [0.05, 0.1) is 0 Å². The minimum atomic E-state index is -3.48. The molecule has 0 amide bonds. The van der Waals surface area contributed by atoms with Gasteiger partial charge in [-0.25, -0.2) is 0 Å². The molecule has 8 aromatic carbocycles. The molecule has 0 saturated heterocycles. The minimum Gasteiger partial charge on any atom is -0.0622 e. The summed E-state index contributed by atoms with van der Waals surface area (Å²) in [6, 6.07) is 92.2. The van der Waals surface area contributed by atoms with Gasteiger partial charge in [0, 0.05) is 0 Å². The second-order valence-corrected chi connectivity index (χ2v) is 32.4. The summed E-state index contributed by atoms with van der Waals surface area (Å²) in [6.45, 7) is 15.8. The maximum atomic E-state index is 2.63. The predicted octanol–water partition coefficient (Wildman–Crippen LogP) is 17.2. The van der Waals surface area contributed by atoms with Gasteiger partial charge in [-0.1, -0.05) is 284 Å². The molecule has 0 aliphatic carbocycles. The predicted molar refractivity (Wildman–Crippen MR) is 290 cm³/mol. The van der Waals surface area contributed by atoms with Crippen LogP contribution in [0.4, 0.5) is 0 Å². The Labute approximate surface area is 394 Å². The van der Waals surface area contributed by atoms with Gasteiger partial charge in [0.2, 0.25) is 0 Å². The van der Waals surface area contributed by atoms with Crippen molar-refractivity contribution in [2.75, 3.05) is 0 Å². The van der Waals surface area contributed by atoms with Gasteiger partial charge in [0.1, 0.15) is 15.2 Å². The SMILES string of the molecule is CC(C)(C)[Si]1([Si]2(C(C)(C)C)C(c3ccccc3)=C(c3ccccc3)C(c3ccccc3)=C2c2ccccc2)C(c2ccccc2)=C(c2ccccc2)C(c2ccccc2)=C1c1ccccc1. The van der Waals surface area contributed by atoms with Crippen molar-refractivity contribution in [1.29, 1.82) is 0 Å². The molecule has 0 fully saturated rings. The molecule has 0 aromatic heterocycles. The standard InChI is InChI=1S/C64H58Si2/c1-63(2,3)65(59(51-39-23-11-24-40-51)55(47-31-15-7-16-32-47)56(48-33-17-8-18-34-48)60(65)52-41-25-12-26-42-52)66(64(4,5)6)61(53-43-27-13-28-44-53)57(49-35-19-9-20-36-49)58(50-37-21-10-22-38-50)62(66)54-45-29-14-30-46-54/h7-46H,1-6H3. The molecule has 8 aromatic rings. The number of rotatable bonds is 9. The van der Waals surface area contributed by atoms with E-state index in [4.69, 9.17) is 0 Å². The maximum absolute atomic E-state index is 3.48. The Morgan fingerprint density at radius 2 is 0.333 bits per heavy atom. The van der Waals surface area contributed by atoms with E-state index in [1.54, 1.807) is 20.8 Å². The average Bonchev–Trinajstić information content (AvgIpc) is 3.88. The zero-order valence-electron chi connectivity index (χ0n) is 39.1. The molecule has 0 N–H and O–H groups in total. The van der Waals surface area contributed by atoms with Crippen molar-refractivity contribution in [2.45, 2.75) is 51.6 Å². The van der Waals surface area contributed by atoms with Gasteiger partial charge >= 0.3 is 0 Å². The summed E-state index contributed by atoms with van der Waals surface area (Å²) in [5.41, 5.74) is 15.8. The molecule has 0 spiro atoms. The molecule has 0 saturated carbocycles. The van der Waals surface area contributed by atoms with Crippen molar-refractivity contribution in [3.05, 3.63) is 287 Å². The molecule has 0 atom stereocenters. The van der Waals surface area contributed by atoms with E-state index in [1.807, 2.05) is 0 Å². The van der Waals surface area contributed by atoms with Crippen LogP contribution in [0.15, 0.2) is 243 Å². The molecule has 0 unspecified atom stereocenters. The highest BCUT2D eigenvalue weighted by molar-refractivity contribution is 7.68. The van der Waals surface area contributed by atoms with Gasteiger partial charge in [-0.3, -0.25) is 0 Å². The van der Waals surface area contributed by atoms with Gasteiger partial charge in [-0.05, 0) is 97.7 Å². The lowest BCUT2D eigenvalue weighted by molar-refractivity contribution is 0.718. The number of benzene rings is 8. The molecule has 322 valence electrons. The fourth-order valence-electron chi connectivity index (χ4n) is 12.3. The van der Waals surface area contributed by atoms with E-state index >= 15 is 0 Å². The molecule has 10 rings (SSSR count). The van der Waals surface area contributed by atoms with Crippen LogP contribution in [0, 0.1) is 0 Å². The van der Waals surface area contributed by atoms with Crippen molar-refractivity contribution < 1.29 is 0 Å². The highest BCUT2D eigenvalue weighted by Gasteiger charge is 2.76. The highest BCUT2D eigenvalue weighted by Crippen LogP contribution is 2.76. The van der Waals surface area contributed by atoms with Crippen LogP contribution in [0.1, 0.15) is 86.1 Å². The van der Waals surface area contributed by atoms with Crippen LogP contribution in [-0.2, 0) is 0 Å². The molecule has 2 aliphatic heterocycles. The molecule has 0 bridgehead atoms. The van der Waals surface area contributed by atoms with Crippen LogP contribution in [0.25, 0.3) is 43.1 Å². The van der Waals surface area contributed by atoms with Crippen LogP contribution >= 0.6 is 0 Å². The van der Waals surface area contributed by atoms with Crippen molar-refractivity contribution in [3.8, 4) is 0 Å². The third kappa shape index (κ3) is 6.69. The summed E-state index contributed by atoms with van der Waals surface area (Å²) in [5, 5.41) is 5.64. The van der Waals surface area contributed by atoms with Gasteiger partial charge in [0.15, 0.2) is 0 Å². The molecule has 2 heterocycles. The summed E-state index contributed by atoms with van der Waals surface area (Å²) < 4.78 is 0. The lowest BCUT2D eigenvalue weighted by Crippen LogP contribution is -2.73. The fraction of sp³-hybridized carbons (Fsp3) is 0.125. The van der Waals surface area contributed by atoms with Crippen LogP contribution in [0.3, 0.4) is 0 Å². The van der Waals surface area contributed by atoms with Gasteiger partial charge < -0.3 is 0 Å². The van der Waals surface area contributed by atoms with E-state index in [0.717, 1.165) is 0 Å². The summed E-state index contributed by atoms with van der Waals surface area (Å²) >= 11 is 0. The van der Waals surface area contributed by atoms with Gasteiger partial charge in [-0.15, -0.1) is 0 Å². The number of hydrogen-bond acceptors (Lipinski definition) is 0. The molecular formula is C64H58Si2. The van der Waals surface area contributed by atoms with E-state index in [1.165, 1.54) is 66.8 Å². The highest BCUT2D eigenvalue weighted by atomic mass is 29.3. The van der Waals surface area contributed by atoms with Crippen LogP contribution < -0.4 is 0 Å². The molecule has 2 heteroatoms. The Morgan fingerprint density at radius 3 is 0.470 bits per heavy atom. The van der Waals surface area contributed by atoms with Crippen LogP contribution in [0.5, 0.6) is 0 Å². The second kappa shape index (κ2) is 17.2. The Bertz CT molecular complexity index is 2700. The zero-order chi connectivity index (χ0) is 45.5. The minimum absolute atomic E-state index is 0.270. The maximum Gasteiger partial charge on any atom is 0.130 e. The summed E-state index contributed by atoms with van der Waals surface area (Å²) in [4.78, 5) is 0. The van der Waals surface area contributed by atoms with E-state index in [9.17, 15) is 0 Å². The Balaban J connectivity index is 1.61. The first-order valence-electron chi connectivity index (χ1n) is 23.5. The Morgan fingerprint density at radius 1 is 0.197 bits per heavy atom. The molecule has 0 nitrogen and oxygen atoms in total. The van der Waals surface area contributed by atoms with Crippen molar-refractivity contribution >= 4 is 58.3 Å². The summed E-state index contributed by atoms with van der Waals surface area (Å²) in [5.74, 6) is 0. The van der Waals surface area contributed by atoms with Gasteiger partial charge in [0.25, 0.3) is 0 Å². The number of allylic oxidation sites excluding steroid dienone is 4. The third-order valence-electron chi connectivity index (χ3n) is 14.3. The van der Waals surface area contributed by atoms with Crippen molar-refractivity contribution in [2.24, 2.45) is 0 Å². The van der Waals surface area contributed by atoms with Crippen LogP contribution in [-0.4, -0.2) is 15.2 Å². The first kappa shape index (κ1) is 43.1. The van der Waals surface area contributed by atoms with Crippen LogP contribution in [0.2, 0.25) is 10.1 Å². The largest absolute Gasteiger partial charge is 0.130 e. The zero-order valence-corrected chi connectivity index (χ0v) is 41.1. The fourth-order valence-corrected chi connectivity index (χ4v) is 39.0. The molecule has 2 aliphatic rings. The third-order valence-corrected chi connectivity index (χ3v) is 36.0. The first-order valence-corrected chi connectivity index (χ1v) is 28.5. The van der Waals surface area contributed by atoms with E-state index < -0.39 is 15.2 Å². The molecular weight excluding hydrogens is 825 g/mol.